The third-order valence-electron chi connectivity index (χ3n) is 7.21. The first kappa shape index (κ1) is 34.5. The molecule has 11 heteroatoms. The van der Waals surface area contributed by atoms with Gasteiger partial charge >= 0.3 is 24.1 Å². The topological polar surface area (TPSA) is 144 Å². The number of hydrogen-bond acceptors (Lipinski definition) is 11. The van der Waals surface area contributed by atoms with E-state index in [1.165, 1.54) is 0 Å². The quantitative estimate of drug-likeness (QED) is 0.0495. The molecule has 1 aliphatic carbocycles. The Labute approximate surface area is 272 Å². The van der Waals surface area contributed by atoms with Crippen LogP contribution in [0.1, 0.15) is 53.6 Å². The Hall–Kier alpha value is -5.42. The summed E-state index contributed by atoms with van der Waals surface area (Å²) in [6.45, 7) is 9.04. The average Bonchev–Trinajstić information content (AvgIpc) is 3.35. The van der Waals surface area contributed by atoms with Crippen molar-refractivity contribution < 1.29 is 52.7 Å². The Bertz CT molecular complexity index is 1620. The van der Waals surface area contributed by atoms with Crippen LogP contribution in [0, 0.1) is 0 Å². The highest BCUT2D eigenvalue weighted by atomic mass is 16.7. The summed E-state index contributed by atoms with van der Waals surface area (Å²) in [5.74, 6) is -0.437. The molecular weight excluding hydrogens is 608 g/mol. The number of unbranched alkanes of at least 4 members (excludes halogenated alkanes) is 1. The van der Waals surface area contributed by atoms with E-state index in [2.05, 4.69) is 13.2 Å². The molecule has 246 valence electrons. The highest BCUT2D eigenvalue weighted by Gasteiger charge is 2.27. The van der Waals surface area contributed by atoms with Crippen molar-refractivity contribution >= 4 is 24.1 Å². The highest BCUT2D eigenvalue weighted by molar-refractivity contribution is 5.91. The maximum absolute atomic E-state index is 12.9. The van der Waals surface area contributed by atoms with Crippen molar-refractivity contribution in [3.8, 4) is 28.4 Å². The summed E-state index contributed by atoms with van der Waals surface area (Å²) in [6.07, 6.45) is 1.75. The molecule has 0 amide bonds. The molecule has 0 aromatic heterocycles. The number of carbonyl (C=O) groups excluding carboxylic acids is 4. The van der Waals surface area contributed by atoms with Crippen LogP contribution in [0.25, 0.3) is 11.1 Å². The molecular formula is C36H36O11. The number of aliphatic hydroxyl groups excluding tert-OH is 1. The van der Waals surface area contributed by atoms with Gasteiger partial charge < -0.3 is 33.5 Å². The molecule has 3 aromatic rings. The highest BCUT2D eigenvalue weighted by Crippen LogP contribution is 2.47. The first-order valence-corrected chi connectivity index (χ1v) is 15.0. The van der Waals surface area contributed by atoms with Gasteiger partial charge in [0.2, 0.25) is 0 Å². The van der Waals surface area contributed by atoms with E-state index in [0.717, 1.165) is 28.3 Å². The van der Waals surface area contributed by atoms with Gasteiger partial charge in [0.15, 0.2) is 0 Å². The summed E-state index contributed by atoms with van der Waals surface area (Å²) in [5, 5.41) is 8.88. The number of benzene rings is 3. The van der Waals surface area contributed by atoms with Crippen molar-refractivity contribution in [2.75, 3.05) is 33.0 Å². The minimum Gasteiger partial charge on any atom is -0.493 e. The van der Waals surface area contributed by atoms with Gasteiger partial charge in [0.1, 0.15) is 17.2 Å². The summed E-state index contributed by atoms with van der Waals surface area (Å²) in [6, 6.07) is 17.3. The maximum atomic E-state index is 12.9. The monoisotopic (exact) mass is 644 g/mol. The van der Waals surface area contributed by atoms with Crippen LogP contribution in [0.3, 0.4) is 0 Å². The fourth-order valence-electron chi connectivity index (χ4n) is 4.73. The summed E-state index contributed by atoms with van der Waals surface area (Å²) in [7, 11) is 0. The second-order valence-corrected chi connectivity index (χ2v) is 10.5. The van der Waals surface area contributed by atoms with Crippen molar-refractivity contribution in [2.24, 2.45) is 0 Å². The van der Waals surface area contributed by atoms with E-state index < -0.39 is 30.7 Å². The SMILES string of the molecule is C=CC(=O)OCCCCOC(=O)Oc1ccc2c(c1)C(C)c1cc(OC(=O)c3ccc(OCCCOC(=O)C(=C)CO)cc3)ccc1-2. The smallest absolute Gasteiger partial charge is 0.493 e. The Morgan fingerprint density at radius 2 is 1.32 bits per heavy atom. The van der Waals surface area contributed by atoms with E-state index in [0.29, 0.717) is 42.1 Å². The molecule has 0 saturated carbocycles. The fourth-order valence-corrected chi connectivity index (χ4v) is 4.73. The number of fused-ring (bicyclic) bond motifs is 3. The zero-order valence-corrected chi connectivity index (χ0v) is 26.0. The third kappa shape index (κ3) is 9.54. The molecule has 3 aromatic carbocycles. The van der Waals surface area contributed by atoms with E-state index >= 15 is 0 Å². The minimum atomic E-state index is -0.825. The predicted molar refractivity (Wildman–Crippen MR) is 170 cm³/mol. The van der Waals surface area contributed by atoms with Crippen LogP contribution in [0.4, 0.5) is 4.79 Å². The van der Waals surface area contributed by atoms with E-state index in [1.54, 1.807) is 42.5 Å². The molecule has 0 spiro atoms. The van der Waals surface area contributed by atoms with Crippen molar-refractivity contribution in [1.82, 2.24) is 0 Å². The van der Waals surface area contributed by atoms with Crippen molar-refractivity contribution in [1.29, 1.82) is 0 Å². The van der Waals surface area contributed by atoms with Crippen LogP contribution in [0.2, 0.25) is 0 Å². The molecule has 4 rings (SSSR count). The number of esters is 3. The minimum absolute atomic E-state index is 0.00930. The molecule has 0 heterocycles. The van der Waals surface area contributed by atoms with Gasteiger partial charge in [-0.05, 0) is 83.6 Å². The molecule has 0 saturated heterocycles. The predicted octanol–water partition coefficient (Wildman–Crippen LogP) is 5.92. The lowest BCUT2D eigenvalue weighted by Gasteiger charge is -2.11. The van der Waals surface area contributed by atoms with Gasteiger partial charge in [0, 0.05) is 18.4 Å². The lowest BCUT2D eigenvalue weighted by atomic mass is 9.99. The second kappa shape index (κ2) is 16.8. The van der Waals surface area contributed by atoms with Crippen molar-refractivity contribution in [3.63, 3.8) is 0 Å². The Morgan fingerprint density at radius 3 is 1.94 bits per heavy atom. The summed E-state index contributed by atoms with van der Waals surface area (Å²) in [5.41, 5.74) is 4.25. The third-order valence-corrected chi connectivity index (χ3v) is 7.21. The number of aliphatic hydroxyl groups is 1. The maximum Gasteiger partial charge on any atom is 0.513 e. The number of ether oxygens (including phenoxy) is 6. The van der Waals surface area contributed by atoms with Crippen LogP contribution in [0.5, 0.6) is 17.2 Å². The van der Waals surface area contributed by atoms with Gasteiger partial charge in [-0.3, -0.25) is 0 Å². The first-order chi connectivity index (χ1) is 22.7. The van der Waals surface area contributed by atoms with Gasteiger partial charge in [-0.1, -0.05) is 32.2 Å². The van der Waals surface area contributed by atoms with E-state index in [1.807, 2.05) is 25.1 Å². The molecule has 0 bridgehead atoms. The summed E-state index contributed by atoms with van der Waals surface area (Å²) >= 11 is 0. The molecule has 0 radical (unpaired) electrons. The van der Waals surface area contributed by atoms with Crippen molar-refractivity contribution in [3.05, 3.63) is 102 Å². The van der Waals surface area contributed by atoms with Gasteiger partial charge in [-0.2, -0.15) is 0 Å². The molecule has 0 aliphatic heterocycles. The summed E-state index contributed by atoms with van der Waals surface area (Å²) in [4.78, 5) is 47.6. The van der Waals surface area contributed by atoms with Crippen LogP contribution in [-0.2, 0) is 23.8 Å². The van der Waals surface area contributed by atoms with Crippen LogP contribution < -0.4 is 14.2 Å². The van der Waals surface area contributed by atoms with Gasteiger partial charge in [0.25, 0.3) is 0 Å². The molecule has 1 aliphatic rings. The molecule has 1 unspecified atom stereocenters. The first-order valence-electron chi connectivity index (χ1n) is 15.0. The fraction of sp³-hybridized carbons (Fsp3) is 0.278. The van der Waals surface area contributed by atoms with Crippen molar-refractivity contribution in [2.45, 2.75) is 32.1 Å². The molecule has 47 heavy (non-hydrogen) atoms. The van der Waals surface area contributed by atoms with E-state index in [-0.39, 0.29) is 37.9 Å². The molecule has 11 nitrogen and oxygen atoms in total. The van der Waals surface area contributed by atoms with Gasteiger partial charge in [0.05, 0.1) is 44.2 Å². The zero-order valence-electron chi connectivity index (χ0n) is 26.0. The normalized spacial score (nSPS) is 12.6. The molecule has 0 fully saturated rings. The Kier molecular flexibility index (Phi) is 12.3. The van der Waals surface area contributed by atoms with Crippen LogP contribution in [-0.4, -0.2) is 62.2 Å². The Balaban J connectivity index is 1.25. The largest absolute Gasteiger partial charge is 0.513 e. The van der Waals surface area contributed by atoms with Crippen LogP contribution >= 0.6 is 0 Å². The van der Waals surface area contributed by atoms with Crippen LogP contribution in [0.15, 0.2) is 85.5 Å². The lowest BCUT2D eigenvalue weighted by molar-refractivity contribution is -0.140. The number of carbonyl (C=O) groups is 4. The van der Waals surface area contributed by atoms with E-state index in [9.17, 15) is 19.2 Å². The lowest BCUT2D eigenvalue weighted by Crippen LogP contribution is -2.12. The zero-order chi connectivity index (χ0) is 33.8. The molecule has 1 atom stereocenters. The number of rotatable bonds is 16. The average molecular weight is 645 g/mol. The molecule has 1 N–H and O–H groups in total. The number of hydrogen-bond donors (Lipinski definition) is 1. The Morgan fingerprint density at radius 1 is 0.745 bits per heavy atom. The van der Waals surface area contributed by atoms with Gasteiger partial charge in [-0.15, -0.1) is 0 Å². The standard InChI is InChI=1S/C36H36O11/c1-4-33(38)43-16-5-6-17-45-36(41)47-28-13-15-30-29-14-12-27(20-31(29)24(3)32(30)21-28)46-35(40)25-8-10-26(11-9-25)42-18-7-19-44-34(39)23(2)22-37/h4,8-15,20-21,24,37H,1-2,5-7,16-19,22H2,3H3. The van der Waals surface area contributed by atoms with E-state index in [4.69, 9.17) is 33.5 Å². The summed E-state index contributed by atoms with van der Waals surface area (Å²) < 4.78 is 31.6. The second-order valence-electron chi connectivity index (χ2n) is 10.5. The van der Waals surface area contributed by atoms with Gasteiger partial charge in [-0.25, -0.2) is 19.2 Å².